The molecule has 4 heterocycles. The molecule has 0 saturated heterocycles. The molecule has 0 atom stereocenters. The zero-order valence-corrected chi connectivity index (χ0v) is 16.4. The number of fused-ring (bicyclic) bond motifs is 2. The van der Waals surface area contributed by atoms with E-state index in [1.54, 1.807) is 11.1 Å². The summed E-state index contributed by atoms with van der Waals surface area (Å²) in [5, 5.41) is 2.87. The molecule has 1 aromatic carbocycles. The maximum Gasteiger partial charge on any atom is 0.414 e. The molecule has 0 spiro atoms. The second-order valence-electron chi connectivity index (χ2n) is 7.30. The minimum absolute atomic E-state index is 0.0478. The number of anilines is 1. The molecule has 2 aliphatic heterocycles. The van der Waals surface area contributed by atoms with E-state index in [4.69, 9.17) is 4.74 Å². The summed E-state index contributed by atoms with van der Waals surface area (Å²) in [5.74, 6) is -0.0478. The lowest BCUT2D eigenvalue weighted by Crippen LogP contribution is -2.34. The molecule has 0 aliphatic carbocycles. The summed E-state index contributed by atoms with van der Waals surface area (Å²) in [6, 6.07) is 13.5. The van der Waals surface area contributed by atoms with Gasteiger partial charge in [-0.3, -0.25) is 14.7 Å². The van der Waals surface area contributed by atoms with Crippen LogP contribution in [0.5, 0.6) is 0 Å². The fourth-order valence-corrected chi connectivity index (χ4v) is 3.99. The first-order valence-corrected chi connectivity index (χ1v) is 9.76. The monoisotopic (exact) mass is 400 g/mol. The molecule has 2 aromatic heterocycles. The minimum Gasteiger partial charge on any atom is -0.452 e. The van der Waals surface area contributed by atoms with E-state index in [1.807, 2.05) is 48.5 Å². The molecule has 0 radical (unpaired) electrons. The van der Waals surface area contributed by atoms with E-state index in [0.717, 1.165) is 45.9 Å². The third kappa shape index (κ3) is 3.04. The van der Waals surface area contributed by atoms with Crippen LogP contribution < -0.4 is 10.2 Å². The predicted octanol–water partition coefficient (Wildman–Crippen LogP) is 3.49. The number of carbonyl (C=O) groups excluding carboxylic acids is 2. The van der Waals surface area contributed by atoms with Crippen LogP contribution in [0.2, 0.25) is 0 Å². The molecule has 0 saturated carbocycles. The molecule has 2 N–H and O–H groups in total. The van der Waals surface area contributed by atoms with Crippen LogP contribution in [0.25, 0.3) is 22.9 Å². The van der Waals surface area contributed by atoms with Crippen LogP contribution in [-0.4, -0.2) is 42.2 Å². The molecule has 0 bridgehead atoms. The first-order chi connectivity index (χ1) is 14.6. The fourth-order valence-electron chi connectivity index (χ4n) is 3.99. The van der Waals surface area contributed by atoms with E-state index in [2.05, 4.69) is 15.3 Å². The molecular formula is C23H20N4O3. The van der Waals surface area contributed by atoms with E-state index in [-0.39, 0.29) is 5.91 Å². The summed E-state index contributed by atoms with van der Waals surface area (Å²) in [6.07, 6.45) is 4.17. The van der Waals surface area contributed by atoms with Crippen LogP contribution in [0.15, 0.2) is 48.7 Å². The summed E-state index contributed by atoms with van der Waals surface area (Å²) in [7, 11) is 1.38. The van der Waals surface area contributed by atoms with Gasteiger partial charge in [0.1, 0.15) is 0 Å². The van der Waals surface area contributed by atoms with Crippen molar-refractivity contribution in [1.29, 1.82) is 0 Å². The molecule has 150 valence electrons. The van der Waals surface area contributed by atoms with Crippen molar-refractivity contribution in [3.8, 4) is 11.3 Å². The number of aromatic amines is 1. The Morgan fingerprint density at radius 1 is 1.20 bits per heavy atom. The molecule has 2 aliphatic rings. The first kappa shape index (κ1) is 18.2. The number of rotatable bonds is 2. The van der Waals surface area contributed by atoms with Crippen LogP contribution in [0.4, 0.5) is 10.5 Å². The summed E-state index contributed by atoms with van der Waals surface area (Å²) in [4.78, 5) is 34.0. The number of pyridine rings is 1. The highest BCUT2D eigenvalue weighted by molar-refractivity contribution is 6.01. The number of hydrogen-bond acceptors (Lipinski definition) is 4. The van der Waals surface area contributed by atoms with Crippen molar-refractivity contribution < 1.29 is 14.3 Å². The number of ether oxygens (including phenoxy) is 1. The van der Waals surface area contributed by atoms with E-state index in [9.17, 15) is 9.59 Å². The second kappa shape index (κ2) is 7.18. The lowest BCUT2D eigenvalue weighted by Gasteiger charge is -2.28. The van der Waals surface area contributed by atoms with Crippen molar-refractivity contribution in [1.82, 2.24) is 15.3 Å². The number of nitrogens with zero attached hydrogens (tertiary/aromatic N) is 2. The Kier molecular flexibility index (Phi) is 4.35. The fraction of sp³-hybridized carbons (Fsp3) is 0.174. The van der Waals surface area contributed by atoms with Gasteiger partial charge in [0.05, 0.1) is 30.6 Å². The van der Waals surface area contributed by atoms with E-state index in [0.29, 0.717) is 18.7 Å². The number of carbonyl (C=O) groups is 2. The van der Waals surface area contributed by atoms with Gasteiger partial charge < -0.3 is 15.0 Å². The Balaban J connectivity index is 1.54. The van der Waals surface area contributed by atoms with Crippen LogP contribution in [-0.2, 0) is 11.2 Å². The summed E-state index contributed by atoms with van der Waals surface area (Å²) in [6.45, 7) is 1.01. The van der Waals surface area contributed by atoms with Gasteiger partial charge in [-0.2, -0.15) is 0 Å². The van der Waals surface area contributed by atoms with Crippen molar-refractivity contribution in [2.24, 2.45) is 0 Å². The van der Waals surface area contributed by atoms with Gasteiger partial charge >= 0.3 is 6.09 Å². The van der Waals surface area contributed by atoms with Gasteiger partial charge in [-0.05, 0) is 41.5 Å². The summed E-state index contributed by atoms with van der Waals surface area (Å²) >= 11 is 0. The van der Waals surface area contributed by atoms with Gasteiger partial charge in [-0.1, -0.05) is 18.2 Å². The first-order valence-electron chi connectivity index (χ1n) is 9.76. The number of para-hydroxylation sites is 1. The van der Waals surface area contributed by atoms with Crippen molar-refractivity contribution >= 4 is 29.3 Å². The zero-order chi connectivity index (χ0) is 20.7. The highest BCUT2D eigenvalue weighted by Crippen LogP contribution is 2.33. The van der Waals surface area contributed by atoms with Gasteiger partial charge in [0.2, 0.25) is 0 Å². The van der Waals surface area contributed by atoms with E-state index in [1.165, 1.54) is 7.11 Å². The predicted molar refractivity (Wildman–Crippen MR) is 114 cm³/mol. The molecule has 7 nitrogen and oxygen atoms in total. The average Bonchev–Trinajstić information content (AvgIpc) is 3.24. The quantitative estimate of drug-likeness (QED) is 0.689. The van der Waals surface area contributed by atoms with Crippen molar-refractivity contribution in [2.75, 3.05) is 25.1 Å². The third-order valence-electron chi connectivity index (χ3n) is 5.49. The Bertz CT molecular complexity index is 1190. The molecular weight excluding hydrogens is 380 g/mol. The molecule has 5 rings (SSSR count). The number of H-pyrrole nitrogens is 1. The lowest BCUT2D eigenvalue weighted by molar-refractivity contribution is 0.0946. The van der Waals surface area contributed by atoms with Crippen molar-refractivity contribution in [2.45, 2.75) is 6.42 Å². The van der Waals surface area contributed by atoms with Crippen molar-refractivity contribution in [3.63, 3.8) is 0 Å². The topological polar surface area (TPSA) is 87.3 Å². The van der Waals surface area contributed by atoms with Gasteiger partial charge in [-0.25, -0.2) is 4.79 Å². The Hall–Kier alpha value is -3.87. The largest absolute Gasteiger partial charge is 0.452 e. The highest BCUT2D eigenvalue weighted by Gasteiger charge is 2.25. The summed E-state index contributed by atoms with van der Waals surface area (Å²) in [5.41, 5.74) is 6.89. The molecule has 0 unspecified atom stereocenters. The number of nitrogens with one attached hydrogen (secondary N) is 2. The standard InChI is InChI=1S/C23H20N4O3/c1-30-23(29)27-13-16(10-15-4-2-3-5-21(15)27)19-11-14(6-8-24-19)20-12-17-18(26-20)7-9-25-22(17)28/h2-6,8,10-12,26H,7,9,13H2,1H3,(H,25,28). The zero-order valence-electron chi connectivity index (χ0n) is 16.4. The Morgan fingerprint density at radius 2 is 2.07 bits per heavy atom. The van der Waals surface area contributed by atoms with Crippen LogP contribution in [0.3, 0.4) is 0 Å². The number of hydrogen-bond donors (Lipinski definition) is 2. The Morgan fingerprint density at radius 3 is 2.90 bits per heavy atom. The smallest absolute Gasteiger partial charge is 0.414 e. The number of benzene rings is 1. The minimum atomic E-state index is -0.410. The van der Waals surface area contributed by atoms with E-state index < -0.39 is 6.09 Å². The maximum absolute atomic E-state index is 12.4. The molecule has 3 aromatic rings. The van der Waals surface area contributed by atoms with Crippen LogP contribution >= 0.6 is 0 Å². The number of aromatic nitrogens is 2. The molecule has 7 heteroatoms. The summed E-state index contributed by atoms with van der Waals surface area (Å²) < 4.78 is 4.98. The van der Waals surface area contributed by atoms with E-state index >= 15 is 0 Å². The number of methoxy groups -OCH3 is 1. The molecule has 2 amide bonds. The second-order valence-corrected chi connectivity index (χ2v) is 7.30. The normalized spacial score (nSPS) is 15.0. The van der Waals surface area contributed by atoms with Crippen LogP contribution in [0, 0.1) is 0 Å². The molecule has 0 fully saturated rings. The van der Waals surface area contributed by atoms with Crippen molar-refractivity contribution in [3.05, 3.63) is 71.2 Å². The van der Waals surface area contributed by atoms with Gasteiger partial charge in [0.25, 0.3) is 5.91 Å². The van der Waals surface area contributed by atoms with Gasteiger partial charge in [0, 0.05) is 36.1 Å². The highest BCUT2D eigenvalue weighted by atomic mass is 16.5. The molecule has 30 heavy (non-hydrogen) atoms. The maximum atomic E-state index is 12.4. The SMILES string of the molecule is COC(=O)N1CC(c2cc(-c3cc4c([nH]3)CCNC4=O)ccn2)=Cc2ccccc21. The number of amides is 2. The van der Waals surface area contributed by atoms with Gasteiger partial charge in [-0.15, -0.1) is 0 Å². The third-order valence-corrected chi connectivity index (χ3v) is 5.49. The average molecular weight is 400 g/mol. The lowest BCUT2D eigenvalue weighted by atomic mass is 9.99. The van der Waals surface area contributed by atoms with Crippen LogP contribution in [0.1, 0.15) is 27.3 Å². The Labute approximate surface area is 173 Å². The van der Waals surface area contributed by atoms with Gasteiger partial charge in [0.15, 0.2) is 0 Å².